The van der Waals surface area contributed by atoms with Gasteiger partial charge in [-0.15, -0.1) is 10.2 Å². The van der Waals surface area contributed by atoms with Gasteiger partial charge in [-0.1, -0.05) is 6.92 Å². The fourth-order valence-corrected chi connectivity index (χ4v) is 5.59. The maximum Gasteiger partial charge on any atom is 0.243 e. The molecule has 0 atom stereocenters. The van der Waals surface area contributed by atoms with Crippen LogP contribution in [-0.4, -0.2) is 62.2 Å². The molecule has 156 valence electrons. The molecule has 0 N–H and O–H groups in total. The minimum atomic E-state index is -3.45. The van der Waals surface area contributed by atoms with Gasteiger partial charge >= 0.3 is 0 Å². The number of piperazine rings is 1. The number of halogens is 1. The lowest BCUT2D eigenvalue weighted by molar-refractivity contribution is 0.383. The van der Waals surface area contributed by atoms with Crippen LogP contribution in [0.15, 0.2) is 41.3 Å². The van der Waals surface area contributed by atoms with Crippen molar-refractivity contribution in [3.8, 4) is 0 Å². The molecular formula is C20H26IN5O2S. The van der Waals surface area contributed by atoms with Crippen LogP contribution in [0.1, 0.15) is 19.8 Å². The molecule has 2 aliphatic rings. The highest BCUT2D eigenvalue weighted by atomic mass is 127. The number of hydrogen-bond acceptors (Lipinski definition) is 6. The van der Waals surface area contributed by atoms with Gasteiger partial charge in [0.2, 0.25) is 10.0 Å². The van der Waals surface area contributed by atoms with Gasteiger partial charge in [-0.2, -0.15) is 4.31 Å². The lowest BCUT2D eigenvalue weighted by atomic mass is 9.99. The van der Waals surface area contributed by atoms with Crippen LogP contribution in [-0.2, 0) is 10.0 Å². The molecule has 0 saturated carbocycles. The molecule has 0 bridgehead atoms. The molecule has 4 rings (SSSR count). The Kier molecular flexibility index (Phi) is 6.26. The van der Waals surface area contributed by atoms with Gasteiger partial charge in [-0.25, -0.2) is 8.42 Å². The Morgan fingerprint density at radius 3 is 1.86 bits per heavy atom. The molecule has 3 heterocycles. The highest BCUT2D eigenvalue weighted by Crippen LogP contribution is 2.24. The normalized spacial score (nSPS) is 19.5. The van der Waals surface area contributed by atoms with Gasteiger partial charge in [0.15, 0.2) is 11.6 Å². The number of nitrogens with zero attached hydrogens (tertiary/aromatic N) is 5. The Balaban J connectivity index is 1.37. The van der Waals surface area contributed by atoms with Crippen LogP contribution in [0.3, 0.4) is 0 Å². The quantitative estimate of drug-likeness (QED) is 0.570. The molecule has 1 aromatic heterocycles. The molecule has 9 heteroatoms. The van der Waals surface area contributed by atoms with E-state index in [1.165, 1.54) is 12.8 Å². The summed E-state index contributed by atoms with van der Waals surface area (Å²) < 4.78 is 28.3. The van der Waals surface area contributed by atoms with E-state index in [-0.39, 0.29) is 0 Å². The molecule has 2 aliphatic heterocycles. The standard InChI is InChI=1S/C20H26IN5O2S/c1-16-8-10-24(11-9-16)19-6-7-20(23-22-19)25-12-14-26(15-13-25)29(27,28)18-4-2-17(21)3-5-18/h2-7,16H,8-15H2,1H3. The van der Waals surface area contributed by atoms with Crippen molar-refractivity contribution in [3.63, 3.8) is 0 Å². The van der Waals surface area contributed by atoms with E-state index in [0.29, 0.717) is 31.1 Å². The molecule has 0 unspecified atom stereocenters. The Hall–Kier alpha value is -1.46. The van der Waals surface area contributed by atoms with Crippen LogP contribution in [0.4, 0.5) is 11.6 Å². The molecule has 0 amide bonds. The zero-order chi connectivity index (χ0) is 20.4. The lowest BCUT2D eigenvalue weighted by Gasteiger charge is -2.35. The topological polar surface area (TPSA) is 69.6 Å². The molecule has 29 heavy (non-hydrogen) atoms. The van der Waals surface area contributed by atoms with Crippen molar-refractivity contribution in [1.29, 1.82) is 0 Å². The molecule has 0 aliphatic carbocycles. The molecule has 2 aromatic rings. The smallest absolute Gasteiger partial charge is 0.243 e. The summed E-state index contributed by atoms with van der Waals surface area (Å²) in [4.78, 5) is 4.75. The fraction of sp³-hybridized carbons (Fsp3) is 0.500. The summed E-state index contributed by atoms with van der Waals surface area (Å²) in [5.74, 6) is 2.52. The molecule has 0 spiro atoms. The van der Waals surface area contributed by atoms with Gasteiger partial charge in [0.25, 0.3) is 0 Å². The third kappa shape index (κ3) is 4.66. The summed E-state index contributed by atoms with van der Waals surface area (Å²) in [7, 11) is -3.45. The van der Waals surface area contributed by atoms with Crippen molar-refractivity contribution in [1.82, 2.24) is 14.5 Å². The van der Waals surface area contributed by atoms with Crippen LogP contribution in [0.25, 0.3) is 0 Å². The first-order chi connectivity index (χ1) is 13.9. The van der Waals surface area contributed by atoms with E-state index in [0.717, 1.165) is 34.2 Å². The molecule has 1 aromatic carbocycles. The predicted molar refractivity (Wildman–Crippen MR) is 123 cm³/mol. The molecule has 2 saturated heterocycles. The van der Waals surface area contributed by atoms with Gasteiger partial charge < -0.3 is 9.80 Å². The zero-order valence-corrected chi connectivity index (χ0v) is 19.5. The van der Waals surface area contributed by atoms with Gasteiger partial charge in [-0.05, 0) is 77.7 Å². The number of sulfonamides is 1. The van der Waals surface area contributed by atoms with E-state index >= 15 is 0 Å². The fourth-order valence-electron chi connectivity index (χ4n) is 3.81. The summed E-state index contributed by atoms with van der Waals surface area (Å²) in [6.07, 6.45) is 2.39. The van der Waals surface area contributed by atoms with Crippen molar-refractivity contribution in [3.05, 3.63) is 40.0 Å². The Bertz CT molecular complexity index is 920. The second-order valence-corrected chi connectivity index (χ2v) is 10.9. The SMILES string of the molecule is CC1CCN(c2ccc(N3CCN(S(=O)(=O)c4ccc(I)cc4)CC3)nn2)CC1. The monoisotopic (exact) mass is 527 g/mol. The molecule has 7 nitrogen and oxygen atoms in total. The first-order valence-electron chi connectivity index (χ1n) is 10.0. The Labute approximate surface area is 186 Å². The van der Waals surface area contributed by atoms with Gasteiger partial charge in [0, 0.05) is 42.8 Å². The highest BCUT2D eigenvalue weighted by Gasteiger charge is 2.29. The van der Waals surface area contributed by atoms with Crippen molar-refractivity contribution in [2.24, 2.45) is 5.92 Å². The molecule has 0 radical (unpaired) electrons. The lowest BCUT2D eigenvalue weighted by Crippen LogP contribution is -2.49. The van der Waals surface area contributed by atoms with E-state index in [4.69, 9.17) is 0 Å². The van der Waals surface area contributed by atoms with Crippen molar-refractivity contribution >= 4 is 44.2 Å². The number of rotatable bonds is 4. The summed E-state index contributed by atoms with van der Waals surface area (Å²) in [6, 6.07) is 11.0. The number of aromatic nitrogens is 2. The van der Waals surface area contributed by atoms with Gasteiger partial charge in [0.1, 0.15) is 0 Å². The number of anilines is 2. The molecular weight excluding hydrogens is 501 g/mol. The van der Waals surface area contributed by atoms with Crippen molar-refractivity contribution in [2.75, 3.05) is 49.1 Å². The highest BCUT2D eigenvalue weighted by molar-refractivity contribution is 14.1. The Morgan fingerprint density at radius 2 is 1.34 bits per heavy atom. The summed E-state index contributed by atoms with van der Waals surface area (Å²) in [6.45, 7) is 6.47. The number of hydrogen-bond donors (Lipinski definition) is 0. The van der Waals surface area contributed by atoms with Crippen LogP contribution < -0.4 is 9.80 Å². The van der Waals surface area contributed by atoms with Crippen molar-refractivity contribution < 1.29 is 8.42 Å². The Morgan fingerprint density at radius 1 is 0.828 bits per heavy atom. The maximum atomic E-state index is 12.9. The average molecular weight is 527 g/mol. The second kappa shape index (κ2) is 8.73. The van der Waals surface area contributed by atoms with Crippen LogP contribution in [0.2, 0.25) is 0 Å². The van der Waals surface area contributed by atoms with E-state index in [1.54, 1.807) is 16.4 Å². The minimum Gasteiger partial charge on any atom is -0.355 e. The number of benzene rings is 1. The average Bonchev–Trinajstić information content (AvgIpc) is 2.75. The van der Waals surface area contributed by atoms with E-state index in [1.807, 2.05) is 24.3 Å². The number of piperidine rings is 1. The first kappa shape index (κ1) is 20.8. The summed E-state index contributed by atoms with van der Waals surface area (Å²) in [5, 5.41) is 8.85. The molecule has 2 fully saturated rings. The van der Waals surface area contributed by atoms with E-state index in [2.05, 4.69) is 49.5 Å². The van der Waals surface area contributed by atoms with Gasteiger partial charge in [-0.3, -0.25) is 0 Å². The zero-order valence-electron chi connectivity index (χ0n) is 16.5. The van der Waals surface area contributed by atoms with Gasteiger partial charge in [0.05, 0.1) is 4.90 Å². The third-order valence-electron chi connectivity index (χ3n) is 5.76. The summed E-state index contributed by atoms with van der Waals surface area (Å²) >= 11 is 2.17. The first-order valence-corrected chi connectivity index (χ1v) is 12.5. The van der Waals surface area contributed by atoms with E-state index < -0.39 is 10.0 Å². The predicted octanol–water partition coefficient (Wildman–Crippen LogP) is 2.83. The second-order valence-electron chi connectivity index (χ2n) is 7.76. The third-order valence-corrected chi connectivity index (χ3v) is 8.39. The van der Waals surface area contributed by atoms with E-state index in [9.17, 15) is 8.42 Å². The van der Waals surface area contributed by atoms with Crippen molar-refractivity contribution in [2.45, 2.75) is 24.7 Å². The van der Waals surface area contributed by atoms with Crippen LogP contribution in [0.5, 0.6) is 0 Å². The summed E-state index contributed by atoms with van der Waals surface area (Å²) in [5.41, 5.74) is 0. The maximum absolute atomic E-state index is 12.9. The van der Waals surface area contributed by atoms with Crippen LogP contribution in [0, 0.1) is 9.49 Å². The van der Waals surface area contributed by atoms with Crippen LogP contribution >= 0.6 is 22.6 Å². The largest absolute Gasteiger partial charge is 0.355 e. The minimum absolute atomic E-state index is 0.353.